The van der Waals surface area contributed by atoms with E-state index in [0.717, 1.165) is 0 Å². The lowest BCUT2D eigenvalue weighted by atomic mass is 10.1. The third kappa shape index (κ3) is 3.90. The van der Waals surface area contributed by atoms with Crippen LogP contribution in [-0.2, 0) is 19.0 Å². The molecule has 0 amide bonds. The van der Waals surface area contributed by atoms with Gasteiger partial charge in [0, 0.05) is 13.0 Å². The molecule has 11 heteroatoms. The van der Waals surface area contributed by atoms with Gasteiger partial charge >= 0.3 is 5.97 Å². The van der Waals surface area contributed by atoms with Crippen LogP contribution in [0.1, 0.15) is 32.9 Å². The number of rotatable bonds is 7. The molecule has 0 radical (unpaired) electrons. The molecule has 0 aromatic carbocycles. The molecule has 29 heavy (non-hydrogen) atoms. The number of likely N-dealkylation sites (N-methyl/N-ethyl adjacent to an activating group) is 1. The fourth-order valence-electron chi connectivity index (χ4n) is 3.98. The van der Waals surface area contributed by atoms with Gasteiger partial charge in [-0.05, 0) is 33.9 Å². The summed E-state index contributed by atoms with van der Waals surface area (Å²) in [6.45, 7) is 4.99. The summed E-state index contributed by atoms with van der Waals surface area (Å²) in [6.07, 6.45) is 2.40. The lowest BCUT2D eigenvalue weighted by Gasteiger charge is -2.27. The van der Waals surface area contributed by atoms with Crippen LogP contribution in [0.15, 0.2) is 12.7 Å². The predicted octanol–water partition coefficient (Wildman–Crippen LogP) is 0.623. The number of nitrogen functional groups attached to an aromatic ring is 1. The van der Waals surface area contributed by atoms with Crippen molar-refractivity contribution in [3.05, 3.63) is 12.7 Å². The fraction of sp³-hybridized carbons (Fsp3) is 0.667. The van der Waals surface area contributed by atoms with E-state index in [9.17, 15) is 4.79 Å². The van der Waals surface area contributed by atoms with E-state index in [1.165, 1.54) is 6.33 Å². The van der Waals surface area contributed by atoms with Crippen molar-refractivity contribution in [3.63, 3.8) is 0 Å². The molecule has 2 fully saturated rings. The Morgan fingerprint density at radius 3 is 2.83 bits per heavy atom. The van der Waals surface area contributed by atoms with Gasteiger partial charge < -0.3 is 30.0 Å². The number of carbonyl (C=O) groups is 1. The molecule has 0 aliphatic carbocycles. The van der Waals surface area contributed by atoms with Crippen LogP contribution in [0.25, 0.3) is 11.2 Å². The van der Waals surface area contributed by atoms with Crippen molar-refractivity contribution in [1.29, 1.82) is 0 Å². The molecular formula is C18H26N6O5. The second kappa shape index (κ2) is 7.48. The largest absolute Gasteiger partial charge is 0.481 e. The fourth-order valence-corrected chi connectivity index (χ4v) is 3.98. The highest BCUT2D eigenvalue weighted by molar-refractivity contribution is 5.81. The Bertz CT molecular complexity index is 902. The SMILES string of the molecule is CN(CCCC(=O)O)C[C@H]1O[C@@H](n2cnc3c(N)ncnc32)[C@@H]2OC(C)(C)O[C@@H]21. The Labute approximate surface area is 167 Å². The standard InChI is InChI=1S/C18H26N6O5/c1-18(2)28-13-10(7-23(3)6-4-5-11(25)26)27-17(14(13)29-18)24-9-22-12-15(19)20-8-21-16(12)24/h8-10,13-14,17H,4-7H2,1-3H3,(H,25,26)(H2,19,20,21)/t10-,13-,14-,17-/m1/s1. The van der Waals surface area contributed by atoms with Crippen molar-refractivity contribution >= 4 is 23.0 Å². The first-order valence-electron chi connectivity index (χ1n) is 9.59. The molecule has 2 aromatic heterocycles. The Morgan fingerprint density at radius 2 is 2.07 bits per heavy atom. The minimum Gasteiger partial charge on any atom is -0.481 e. The zero-order valence-corrected chi connectivity index (χ0v) is 16.7. The quantitative estimate of drug-likeness (QED) is 0.673. The number of nitrogens with two attached hydrogens (primary N) is 1. The van der Waals surface area contributed by atoms with E-state index in [1.54, 1.807) is 10.9 Å². The predicted molar refractivity (Wildman–Crippen MR) is 102 cm³/mol. The summed E-state index contributed by atoms with van der Waals surface area (Å²) >= 11 is 0. The van der Waals surface area contributed by atoms with Gasteiger partial charge in [0.25, 0.3) is 0 Å². The molecule has 0 saturated carbocycles. The minimum atomic E-state index is -0.793. The summed E-state index contributed by atoms with van der Waals surface area (Å²) in [6, 6.07) is 0. The number of hydrogen-bond donors (Lipinski definition) is 2. The highest BCUT2D eigenvalue weighted by Crippen LogP contribution is 2.43. The maximum atomic E-state index is 10.7. The Kier molecular flexibility index (Phi) is 5.15. The van der Waals surface area contributed by atoms with Gasteiger partial charge in [-0.2, -0.15) is 0 Å². The second-order valence-corrected chi connectivity index (χ2v) is 7.97. The van der Waals surface area contributed by atoms with Gasteiger partial charge in [0.15, 0.2) is 23.5 Å². The molecule has 4 atom stereocenters. The van der Waals surface area contributed by atoms with Crippen LogP contribution in [0.5, 0.6) is 0 Å². The third-order valence-corrected chi connectivity index (χ3v) is 5.21. The zero-order chi connectivity index (χ0) is 20.8. The van der Waals surface area contributed by atoms with Gasteiger partial charge in [0.2, 0.25) is 0 Å². The summed E-state index contributed by atoms with van der Waals surface area (Å²) in [4.78, 5) is 25.4. The van der Waals surface area contributed by atoms with Crippen LogP contribution in [0.4, 0.5) is 5.82 Å². The first kappa shape index (κ1) is 20.0. The number of aromatic nitrogens is 4. The molecule has 2 aromatic rings. The van der Waals surface area contributed by atoms with E-state index in [4.69, 9.17) is 25.1 Å². The Balaban J connectivity index is 1.54. The summed E-state index contributed by atoms with van der Waals surface area (Å²) in [5.41, 5.74) is 6.99. The average molecular weight is 406 g/mol. The number of hydrogen-bond acceptors (Lipinski definition) is 9. The van der Waals surface area contributed by atoms with Gasteiger partial charge in [-0.15, -0.1) is 0 Å². The van der Waals surface area contributed by atoms with Crippen molar-refractivity contribution in [1.82, 2.24) is 24.4 Å². The van der Waals surface area contributed by atoms with Crippen LogP contribution in [0.3, 0.4) is 0 Å². The van der Waals surface area contributed by atoms with Crippen LogP contribution >= 0.6 is 0 Å². The Hall–Kier alpha value is -2.34. The zero-order valence-electron chi connectivity index (χ0n) is 16.7. The molecule has 0 bridgehead atoms. The van der Waals surface area contributed by atoms with Gasteiger partial charge in [0.1, 0.15) is 30.2 Å². The molecule has 2 aliphatic rings. The van der Waals surface area contributed by atoms with Crippen molar-refractivity contribution in [2.75, 3.05) is 25.9 Å². The topological polar surface area (TPSA) is 138 Å². The number of imidazole rings is 1. The van der Waals surface area contributed by atoms with Gasteiger partial charge in [-0.3, -0.25) is 9.36 Å². The lowest BCUT2D eigenvalue weighted by Crippen LogP contribution is -2.38. The summed E-state index contributed by atoms with van der Waals surface area (Å²) in [5, 5.41) is 8.83. The van der Waals surface area contributed by atoms with Crippen molar-refractivity contribution < 1.29 is 24.1 Å². The van der Waals surface area contributed by atoms with E-state index >= 15 is 0 Å². The number of carboxylic acid groups (broad SMARTS) is 1. The number of anilines is 1. The molecule has 4 heterocycles. The number of ether oxygens (including phenoxy) is 3. The first-order chi connectivity index (χ1) is 13.7. The summed E-state index contributed by atoms with van der Waals surface area (Å²) in [7, 11) is 1.94. The van der Waals surface area contributed by atoms with E-state index < -0.39 is 18.0 Å². The van der Waals surface area contributed by atoms with Crippen LogP contribution < -0.4 is 5.73 Å². The van der Waals surface area contributed by atoms with Crippen LogP contribution in [0.2, 0.25) is 0 Å². The second-order valence-electron chi connectivity index (χ2n) is 7.97. The van der Waals surface area contributed by atoms with E-state index in [2.05, 4.69) is 15.0 Å². The normalized spacial score (nSPS) is 28.3. The van der Waals surface area contributed by atoms with Gasteiger partial charge in [-0.1, -0.05) is 0 Å². The minimum absolute atomic E-state index is 0.138. The maximum absolute atomic E-state index is 10.7. The van der Waals surface area contributed by atoms with E-state index in [0.29, 0.717) is 36.5 Å². The van der Waals surface area contributed by atoms with Crippen molar-refractivity contribution in [2.24, 2.45) is 0 Å². The third-order valence-electron chi connectivity index (χ3n) is 5.21. The molecule has 4 rings (SSSR count). The maximum Gasteiger partial charge on any atom is 0.303 e. The number of carboxylic acids is 1. The number of nitrogens with zero attached hydrogens (tertiary/aromatic N) is 5. The molecule has 3 N–H and O–H groups in total. The highest BCUT2D eigenvalue weighted by Gasteiger charge is 2.56. The molecule has 0 unspecified atom stereocenters. The van der Waals surface area contributed by atoms with E-state index in [-0.39, 0.29) is 24.7 Å². The molecular weight excluding hydrogens is 380 g/mol. The average Bonchev–Trinajstić information content (AvgIpc) is 3.27. The van der Waals surface area contributed by atoms with Gasteiger partial charge in [-0.25, -0.2) is 15.0 Å². The smallest absolute Gasteiger partial charge is 0.303 e. The lowest BCUT2D eigenvalue weighted by molar-refractivity contribution is -0.197. The van der Waals surface area contributed by atoms with Gasteiger partial charge in [0.05, 0.1) is 6.33 Å². The van der Waals surface area contributed by atoms with Crippen LogP contribution in [-0.4, -0.2) is 79.7 Å². The first-order valence-corrected chi connectivity index (χ1v) is 9.59. The molecule has 158 valence electrons. The van der Waals surface area contributed by atoms with Crippen LogP contribution in [0, 0.1) is 0 Å². The number of aliphatic carboxylic acids is 1. The highest BCUT2D eigenvalue weighted by atomic mass is 16.8. The molecule has 0 spiro atoms. The van der Waals surface area contributed by atoms with E-state index in [1.807, 2.05) is 25.8 Å². The van der Waals surface area contributed by atoms with Crippen molar-refractivity contribution in [2.45, 2.75) is 57.0 Å². The molecule has 2 aliphatic heterocycles. The van der Waals surface area contributed by atoms with Crippen molar-refractivity contribution in [3.8, 4) is 0 Å². The number of fused-ring (bicyclic) bond motifs is 2. The molecule has 11 nitrogen and oxygen atoms in total. The summed E-state index contributed by atoms with van der Waals surface area (Å²) in [5.74, 6) is -1.22. The summed E-state index contributed by atoms with van der Waals surface area (Å²) < 4.78 is 20.4. The Morgan fingerprint density at radius 1 is 1.31 bits per heavy atom. The monoisotopic (exact) mass is 406 g/mol. The molecule has 2 saturated heterocycles.